The minimum atomic E-state index is -4.86. The van der Waals surface area contributed by atoms with Crippen molar-refractivity contribution in [2.45, 2.75) is 12.3 Å². The molecule has 0 aromatic heterocycles. The molecule has 2 aromatic rings. The van der Waals surface area contributed by atoms with Gasteiger partial charge in [0.25, 0.3) is 11.8 Å². The van der Waals surface area contributed by atoms with Gasteiger partial charge in [-0.15, -0.1) is 0 Å². The first kappa shape index (κ1) is 17.8. The molecule has 0 aliphatic carbocycles. The number of halogens is 4. The molecule has 0 bridgehead atoms. The average molecular weight is 357 g/mol. The second kappa shape index (κ2) is 7.35. The molecule has 2 aromatic carbocycles. The van der Waals surface area contributed by atoms with E-state index in [-0.39, 0.29) is 16.1 Å². The third-order valence-electron chi connectivity index (χ3n) is 3.00. The topological polar surface area (TPSA) is 58.2 Å². The Labute approximate surface area is 140 Å². The van der Waals surface area contributed by atoms with E-state index in [2.05, 4.69) is 0 Å². The Bertz CT molecular complexity index is 736. The lowest BCUT2D eigenvalue weighted by Gasteiger charge is -2.22. The van der Waals surface area contributed by atoms with Gasteiger partial charge in [-0.1, -0.05) is 35.9 Å². The molecule has 2 rings (SSSR count). The van der Waals surface area contributed by atoms with Gasteiger partial charge in [-0.05, 0) is 30.3 Å². The van der Waals surface area contributed by atoms with Gasteiger partial charge in [-0.2, -0.15) is 13.2 Å². The quantitative estimate of drug-likeness (QED) is 0.825. The summed E-state index contributed by atoms with van der Waals surface area (Å²) in [5, 5.41) is 3.71. The normalized spacial score (nSPS) is 12.3. The van der Waals surface area contributed by atoms with Crippen molar-refractivity contribution < 1.29 is 22.8 Å². The summed E-state index contributed by atoms with van der Waals surface area (Å²) < 4.78 is 39.3. The molecule has 0 aliphatic heterocycles. The van der Waals surface area contributed by atoms with Crippen molar-refractivity contribution in [1.29, 1.82) is 0 Å². The second-order valence-corrected chi connectivity index (χ2v) is 5.23. The molecule has 4 nitrogen and oxygen atoms in total. The summed E-state index contributed by atoms with van der Waals surface area (Å²) in [6, 6.07) is 12.8. The first-order valence-corrected chi connectivity index (χ1v) is 7.14. The molecule has 2 N–H and O–H groups in total. The lowest BCUT2D eigenvalue weighted by Crippen LogP contribution is -2.56. The third-order valence-corrected chi connectivity index (χ3v) is 3.24. The van der Waals surface area contributed by atoms with Crippen molar-refractivity contribution in [2.75, 3.05) is 0 Å². The zero-order valence-electron chi connectivity index (χ0n) is 12.1. The van der Waals surface area contributed by atoms with Gasteiger partial charge in [0.2, 0.25) is 0 Å². The van der Waals surface area contributed by atoms with Crippen LogP contribution in [-0.2, 0) is 0 Å². The number of carbonyl (C=O) groups excluding carboxylic acids is 2. The van der Waals surface area contributed by atoms with Crippen LogP contribution in [-0.4, -0.2) is 24.2 Å². The summed E-state index contributed by atoms with van der Waals surface area (Å²) in [5.41, 5.74) is -0.00513. The summed E-state index contributed by atoms with van der Waals surface area (Å²) in [7, 11) is 0. The van der Waals surface area contributed by atoms with Gasteiger partial charge in [0, 0.05) is 16.1 Å². The summed E-state index contributed by atoms with van der Waals surface area (Å²) in [5.74, 6) is -1.96. The highest BCUT2D eigenvalue weighted by molar-refractivity contribution is 6.30. The van der Waals surface area contributed by atoms with Crippen LogP contribution in [0.2, 0.25) is 5.02 Å². The Morgan fingerprint density at radius 1 is 0.875 bits per heavy atom. The number of benzene rings is 2. The van der Waals surface area contributed by atoms with Crippen LogP contribution >= 0.6 is 11.6 Å². The number of carbonyl (C=O) groups is 2. The monoisotopic (exact) mass is 356 g/mol. The van der Waals surface area contributed by atoms with E-state index in [0.29, 0.717) is 0 Å². The van der Waals surface area contributed by atoms with Gasteiger partial charge >= 0.3 is 6.18 Å². The van der Waals surface area contributed by atoms with E-state index in [1.54, 1.807) is 16.7 Å². The molecule has 0 heterocycles. The Morgan fingerprint density at radius 3 is 1.96 bits per heavy atom. The maximum absolute atomic E-state index is 13.1. The highest BCUT2D eigenvalue weighted by atomic mass is 35.5. The number of alkyl halides is 3. The van der Waals surface area contributed by atoms with Crippen LogP contribution in [0.15, 0.2) is 54.6 Å². The largest absolute Gasteiger partial charge is 0.427 e. The fraction of sp³-hybridized carbons (Fsp3) is 0.125. The van der Waals surface area contributed by atoms with Gasteiger partial charge in [0.15, 0.2) is 6.17 Å². The summed E-state index contributed by atoms with van der Waals surface area (Å²) >= 11 is 5.71. The highest BCUT2D eigenvalue weighted by Crippen LogP contribution is 2.20. The Kier molecular flexibility index (Phi) is 5.46. The first-order valence-electron chi connectivity index (χ1n) is 6.76. The number of hydrogen-bond acceptors (Lipinski definition) is 2. The van der Waals surface area contributed by atoms with E-state index in [4.69, 9.17) is 11.6 Å². The molecule has 24 heavy (non-hydrogen) atoms. The molecule has 126 valence electrons. The predicted octanol–water partition coefficient (Wildman–Crippen LogP) is 3.39. The fourth-order valence-corrected chi connectivity index (χ4v) is 2.04. The lowest BCUT2D eigenvalue weighted by atomic mass is 10.2. The zero-order chi connectivity index (χ0) is 17.7. The van der Waals surface area contributed by atoms with Crippen LogP contribution in [0.25, 0.3) is 0 Å². The van der Waals surface area contributed by atoms with Crippen molar-refractivity contribution in [3.05, 3.63) is 70.7 Å². The Morgan fingerprint density at radius 2 is 1.42 bits per heavy atom. The maximum atomic E-state index is 13.1. The van der Waals surface area contributed by atoms with Crippen molar-refractivity contribution in [2.24, 2.45) is 0 Å². The number of amides is 2. The Balaban J connectivity index is 2.14. The molecular formula is C16H12ClF3N2O2. The van der Waals surface area contributed by atoms with E-state index >= 15 is 0 Å². The van der Waals surface area contributed by atoms with Gasteiger partial charge in [0.1, 0.15) is 0 Å². The maximum Gasteiger partial charge on any atom is 0.427 e. The lowest BCUT2D eigenvalue weighted by molar-refractivity contribution is -0.158. The molecule has 8 heteroatoms. The smallest absolute Gasteiger partial charge is 0.324 e. The van der Waals surface area contributed by atoms with E-state index in [9.17, 15) is 22.8 Å². The molecule has 0 unspecified atom stereocenters. The highest BCUT2D eigenvalue weighted by Gasteiger charge is 2.42. The fourth-order valence-electron chi connectivity index (χ4n) is 1.85. The van der Waals surface area contributed by atoms with E-state index in [0.717, 1.165) is 0 Å². The predicted molar refractivity (Wildman–Crippen MR) is 82.7 cm³/mol. The summed E-state index contributed by atoms with van der Waals surface area (Å²) in [4.78, 5) is 23.8. The average Bonchev–Trinajstić information content (AvgIpc) is 2.54. The molecule has 0 saturated heterocycles. The van der Waals surface area contributed by atoms with Crippen LogP contribution in [0.1, 0.15) is 20.7 Å². The third kappa shape index (κ3) is 4.73. The molecule has 0 aliphatic rings. The van der Waals surface area contributed by atoms with E-state index < -0.39 is 24.2 Å². The molecule has 0 saturated carbocycles. The molecule has 2 amide bonds. The number of rotatable bonds is 4. The molecular weight excluding hydrogens is 345 g/mol. The standard InChI is InChI=1S/C16H12ClF3N2O2/c17-12-8-4-7-11(9-12)14(24)22-15(16(18,19)20)21-13(23)10-5-2-1-3-6-10/h1-9,15H,(H,21,23)(H,22,24)/t15-/m1/s1. The molecule has 1 atom stereocenters. The van der Waals surface area contributed by atoms with Crippen molar-refractivity contribution in [3.63, 3.8) is 0 Å². The van der Waals surface area contributed by atoms with Crippen LogP contribution in [0.4, 0.5) is 13.2 Å². The van der Waals surface area contributed by atoms with Gasteiger partial charge < -0.3 is 10.6 Å². The van der Waals surface area contributed by atoms with Crippen molar-refractivity contribution in [1.82, 2.24) is 10.6 Å². The number of hydrogen-bond donors (Lipinski definition) is 2. The number of nitrogens with one attached hydrogen (secondary N) is 2. The summed E-state index contributed by atoms with van der Waals surface area (Å²) in [6.07, 6.45) is -7.39. The van der Waals surface area contributed by atoms with Crippen LogP contribution < -0.4 is 10.6 Å². The minimum Gasteiger partial charge on any atom is -0.324 e. The zero-order valence-corrected chi connectivity index (χ0v) is 12.9. The van der Waals surface area contributed by atoms with Gasteiger partial charge in [-0.3, -0.25) is 9.59 Å². The molecule has 0 fully saturated rings. The van der Waals surface area contributed by atoms with Crippen molar-refractivity contribution in [3.8, 4) is 0 Å². The SMILES string of the molecule is O=C(N[C@H](NC(=O)c1cccc(Cl)c1)C(F)(F)F)c1ccccc1. The second-order valence-electron chi connectivity index (χ2n) is 4.80. The first-order chi connectivity index (χ1) is 11.3. The van der Waals surface area contributed by atoms with Crippen LogP contribution in [0.5, 0.6) is 0 Å². The van der Waals surface area contributed by atoms with E-state index in [1.165, 1.54) is 48.5 Å². The van der Waals surface area contributed by atoms with E-state index in [1.807, 2.05) is 0 Å². The molecule has 0 spiro atoms. The van der Waals surface area contributed by atoms with Crippen LogP contribution in [0.3, 0.4) is 0 Å². The minimum absolute atomic E-state index is 0.0451. The van der Waals surface area contributed by atoms with Gasteiger partial charge in [-0.25, -0.2) is 0 Å². The van der Waals surface area contributed by atoms with Gasteiger partial charge in [0.05, 0.1) is 0 Å². The molecule has 0 radical (unpaired) electrons. The van der Waals surface area contributed by atoms with Crippen LogP contribution in [0, 0.1) is 0 Å². The Hall–Kier alpha value is -2.54. The summed E-state index contributed by atoms with van der Waals surface area (Å²) in [6.45, 7) is 0. The van der Waals surface area contributed by atoms with Crippen molar-refractivity contribution >= 4 is 23.4 Å².